The van der Waals surface area contributed by atoms with Gasteiger partial charge in [-0.05, 0) is 29.8 Å². The fourth-order valence-electron chi connectivity index (χ4n) is 1.42. The average Bonchev–Trinajstić information content (AvgIpc) is 2.27. The van der Waals surface area contributed by atoms with Gasteiger partial charge in [0.05, 0.1) is 18.3 Å². The Labute approximate surface area is 92.0 Å². The summed E-state index contributed by atoms with van der Waals surface area (Å²) in [6.45, 7) is 0.325. The molecule has 1 aromatic carbocycles. The molecule has 0 saturated carbocycles. The molecule has 15 heavy (non-hydrogen) atoms. The summed E-state index contributed by atoms with van der Waals surface area (Å²) in [5.41, 5.74) is 7.09. The maximum Gasteiger partial charge on any atom is 0.223 e. The molecule has 0 radical (unpaired) electrons. The van der Waals surface area contributed by atoms with Crippen LogP contribution >= 0.6 is 11.6 Å². The molecule has 78 valence electrons. The minimum absolute atomic E-state index is 0.216. The number of rotatable bonds is 2. The number of aromatic nitrogens is 2. The Bertz CT molecular complexity index is 501. The molecule has 0 aliphatic rings. The van der Waals surface area contributed by atoms with E-state index in [1.807, 2.05) is 18.2 Å². The van der Waals surface area contributed by atoms with Crippen LogP contribution in [-0.2, 0) is 6.54 Å². The molecule has 2 N–H and O–H groups in total. The summed E-state index contributed by atoms with van der Waals surface area (Å²) < 4.78 is 5.12. The zero-order chi connectivity index (χ0) is 10.8. The van der Waals surface area contributed by atoms with E-state index in [-0.39, 0.29) is 5.28 Å². The Balaban J connectivity index is 2.73. The first kappa shape index (κ1) is 10.1. The topological polar surface area (TPSA) is 61.0 Å². The molecule has 2 aromatic rings. The number of nitrogens with two attached hydrogens (primary N) is 1. The van der Waals surface area contributed by atoms with Gasteiger partial charge < -0.3 is 10.5 Å². The highest BCUT2D eigenvalue weighted by Gasteiger charge is 2.06. The van der Waals surface area contributed by atoms with E-state index in [2.05, 4.69) is 9.97 Å². The van der Waals surface area contributed by atoms with Crippen LogP contribution in [0.1, 0.15) is 5.69 Å². The highest BCUT2D eigenvalue weighted by molar-refractivity contribution is 6.28. The lowest BCUT2D eigenvalue weighted by Crippen LogP contribution is -2.02. The van der Waals surface area contributed by atoms with Gasteiger partial charge in [0.1, 0.15) is 5.75 Å². The Morgan fingerprint density at radius 1 is 1.40 bits per heavy atom. The fourth-order valence-corrected chi connectivity index (χ4v) is 1.62. The normalized spacial score (nSPS) is 10.6. The first-order chi connectivity index (χ1) is 7.24. The molecule has 5 heteroatoms. The summed E-state index contributed by atoms with van der Waals surface area (Å²) in [4.78, 5) is 8.17. The summed E-state index contributed by atoms with van der Waals surface area (Å²) in [6.07, 6.45) is 0. The minimum Gasteiger partial charge on any atom is -0.497 e. The van der Waals surface area contributed by atoms with Crippen molar-refractivity contribution in [2.75, 3.05) is 7.11 Å². The van der Waals surface area contributed by atoms with E-state index in [1.165, 1.54) is 0 Å². The van der Waals surface area contributed by atoms with E-state index < -0.39 is 0 Å². The van der Waals surface area contributed by atoms with Crippen molar-refractivity contribution in [1.82, 2.24) is 9.97 Å². The van der Waals surface area contributed by atoms with Gasteiger partial charge in [-0.15, -0.1) is 0 Å². The molecule has 0 bridgehead atoms. The Kier molecular flexibility index (Phi) is 2.70. The molecular formula is C10H10ClN3O. The molecule has 4 nitrogen and oxygen atoms in total. The van der Waals surface area contributed by atoms with Gasteiger partial charge in [-0.25, -0.2) is 9.97 Å². The Morgan fingerprint density at radius 3 is 2.87 bits per heavy atom. The molecule has 0 aliphatic heterocycles. The number of ether oxygens (including phenoxy) is 1. The predicted octanol–water partition coefficient (Wildman–Crippen LogP) is 1.75. The van der Waals surface area contributed by atoms with Crippen LogP contribution in [0.25, 0.3) is 10.9 Å². The molecule has 0 amide bonds. The van der Waals surface area contributed by atoms with Crippen molar-refractivity contribution in [3.05, 3.63) is 29.2 Å². The lowest BCUT2D eigenvalue weighted by atomic mass is 10.2. The number of benzene rings is 1. The number of hydrogen-bond donors (Lipinski definition) is 1. The van der Waals surface area contributed by atoms with Gasteiger partial charge in [0.25, 0.3) is 0 Å². The van der Waals surface area contributed by atoms with E-state index >= 15 is 0 Å². The zero-order valence-electron chi connectivity index (χ0n) is 8.20. The third-order valence-electron chi connectivity index (χ3n) is 2.15. The monoisotopic (exact) mass is 223 g/mol. The van der Waals surface area contributed by atoms with Crippen molar-refractivity contribution >= 4 is 22.5 Å². The predicted molar refractivity (Wildman–Crippen MR) is 59.0 cm³/mol. The number of methoxy groups -OCH3 is 1. The van der Waals surface area contributed by atoms with E-state index in [1.54, 1.807) is 7.11 Å². The van der Waals surface area contributed by atoms with E-state index in [9.17, 15) is 0 Å². The van der Waals surface area contributed by atoms with Crippen LogP contribution in [-0.4, -0.2) is 17.1 Å². The molecule has 1 heterocycles. The van der Waals surface area contributed by atoms with E-state index in [0.29, 0.717) is 6.54 Å². The van der Waals surface area contributed by atoms with Gasteiger partial charge in [0, 0.05) is 11.9 Å². The number of hydrogen-bond acceptors (Lipinski definition) is 4. The molecule has 0 aliphatic carbocycles. The molecule has 0 saturated heterocycles. The van der Waals surface area contributed by atoms with E-state index in [0.717, 1.165) is 22.3 Å². The molecule has 0 atom stereocenters. The molecule has 0 spiro atoms. The maximum atomic E-state index is 5.77. The van der Waals surface area contributed by atoms with Crippen LogP contribution in [0, 0.1) is 0 Å². The van der Waals surface area contributed by atoms with Gasteiger partial charge in [0.15, 0.2) is 0 Å². The van der Waals surface area contributed by atoms with Crippen molar-refractivity contribution in [3.8, 4) is 5.75 Å². The third kappa shape index (κ3) is 1.86. The number of halogens is 1. The molecule has 1 aromatic heterocycles. The lowest BCUT2D eigenvalue weighted by molar-refractivity contribution is 0.415. The van der Waals surface area contributed by atoms with Gasteiger partial charge in [-0.3, -0.25) is 0 Å². The van der Waals surface area contributed by atoms with Crippen LogP contribution in [0.3, 0.4) is 0 Å². The summed E-state index contributed by atoms with van der Waals surface area (Å²) in [6, 6.07) is 5.51. The van der Waals surface area contributed by atoms with Crippen LogP contribution in [0.2, 0.25) is 5.28 Å². The lowest BCUT2D eigenvalue weighted by Gasteiger charge is -2.05. The van der Waals surface area contributed by atoms with Crippen molar-refractivity contribution in [2.24, 2.45) is 5.73 Å². The second-order valence-corrected chi connectivity index (χ2v) is 3.36. The van der Waals surface area contributed by atoms with Crippen LogP contribution in [0.5, 0.6) is 5.75 Å². The first-order valence-electron chi connectivity index (χ1n) is 4.45. The summed E-state index contributed by atoms with van der Waals surface area (Å²) in [5, 5.41) is 1.09. The number of nitrogens with zero attached hydrogens (tertiary/aromatic N) is 2. The van der Waals surface area contributed by atoms with Crippen LogP contribution < -0.4 is 10.5 Å². The van der Waals surface area contributed by atoms with Crippen LogP contribution in [0.15, 0.2) is 18.2 Å². The van der Waals surface area contributed by atoms with Gasteiger partial charge in [-0.2, -0.15) is 0 Å². The third-order valence-corrected chi connectivity index (χ3v) is 2.32. The minimum atomic E-state index is 0.216. The molecule has 2 rings (SSSR count). The maximum absolute atomic E-state index is 5.77. The summed E-state index contributed by atoms with van der Waals surface area (Å²) >= 11 is 5.77. The van der Waals surface area contributed by atoms with Gasteiger partial charge >= 0.3 is 0 Å². The molecular weight excluding hydrogens is 214 g/mol. The fraction of sp³-hybridized carbons (Fsp3) is 0.200. The summed E-state index contributed by atoms with van der Waals surface area (Å²) in [7, 11) is 1.61. The summed E-state index contributed by atoms with van der Waals surface area (Å²) in [5.74, 6) is 0.753. The Morgan fingerprint density at radius 2 is 2.20 bits per heavy atom. The zero-order valence-corrected chi connectivity index (χ0v) is 8.95. The smallest absolute Gasteiger partial charge is 0.223 e. The number of fused-ring (bicyclic) bond motifs is 1. The second-order valence-electron chi connectivity index (χ2n) is 3.03. The second kappa shape index (κ2) is 4.00. The highest BCUT2D eigenvalue weighted by Crippen LogP contribution is 2.22. The van der Waals surface area contributed by atoms with Crippen LogP contribution in [0.4, 0.5) is 0 Å². The molecule has 0 unspecified atom stereocenters. The highest BCUT2D eigenvalue weighted by atomic mass is 35.5. The van der Waals surface area contributed by atoms with Gasteiger partial charge in [-0.1, -0.05) is 0 Å². The van der Waals surface area contributed by atoms with E-state index in [4.69, 9.17) is 22.1 Å². The van der Waals surface area contributed by atoms with Crippen molar-refractivity contribution in [3.63, 3.8) is 0 Å². The van der Waals surface area contributed by atoms with Crippen molar-refractivity contribution in [1.29, 1.82) is 0 Å². The Hall–Kier alpha value is -1.39. The van der Waals surface area contributed by atoms with Gasteiger partial charge in [0.2, 0.25) is 5.28 Å². The SMILES string of the molecule is COc1ccc2nc(Cl)nc(CN)c2c1. The largest absolute Gasteiger partial charge is 0.497 e. The standard InChI is InChI=1S/C10H10ClN3O/c1-15-6-2-3-8-7(4-6)9(5-12)14-10(11)13-8/h2-4H,5,12H2,1H3. The first-order valence-corrected chi connectivity index (χ1v) is 4.82. The quantitative estimate of drug-likeness (QED) is 0.788. The molecule has 0 fully saturated rings. The van der Waals surface area contributed by atoms with Crippen molar-refractivity contribution in [2.45, 2.75) is 6.54 Å². The van der Waals surface area contributed by atoms with Crippen molar-refractivity contribution < 1.29 is 4.74 Å². The average molecular weight is 224 g/mol.